The lowest BCUT2D eigenvalue weighted by molar-refractivity contribution is 0.210. The number of nitrogens with two attached hydrogens (primary N) is 1. The summed E-state index contributed by atoms with van der Waals surface area (Å²) < 4.78 is 12.3. The summed E-state index contributed by atoms with van der Waals surface area (Å²) in [5, 5.41) is 6.24. The first-order valence-electron chi connectivity index (χ1n) is 8.42. The van der Waals surface area contributed by atoms with Gasteiger partial charge in [0.05, 0.1) is 12.3 Å². The van der Waals surface area contributed by atoms with Crippen molar-refractivity contribution in [3.63, 3.8) is 0 Å². The van der Waals surface area contributed by atoms with Crippen molar-refractivity contribution < 1.29 is 9.15 Å². The maximum Gasteiger partial charge on any atom is 0.184 e. The molecule has 0 aliphatic heterocycles. The molecule has 2 aromatic carbocycles. The van der Waals surface area contributed by atoms with Gasteiger partial charge >= 0.3 is 0 Å². The minimum absolute atomic E-state index is 0.130. The molecular formula is C19H19N3O2S. The molecule has 1 fully saturated rings. The zero-order valence-electron chi connectivity index (χ0n) is 13.7. The van der Waals surface area contributed by atoms with E-state index in [2.05, 4.69) is 10.5 Å². The molecule has 3 aromatic rings. The van der Waals surface area contributed by atoms with Crippen LogP contribution in [0.5, 0.6) is 5.75 Å². The van der Waals surface area contributed by atoms with Crippen LogP contribution in [0.15, 0.2) is 45.9 Å². The highest BCUT2D eigenvalue weighted by Gasteiger charge is 2.20. The Balaban J connectivity index is 1.83. The van der Waals surface area contributed by atoms with Crippen LogP contribution in [0.2, 0.25) is 0 Å². The lowest BCUT2D eigenvalue weighted by atomic mass is 10.1. The van der Waals surface area contributed by atoms with Gasteiger partial charge in [-0.3, -0.25) is 5.43 Å². The summed E-state index contributed by atoms with van der Waals surface area (Å²) in [6.07, 6.45) is 6.62. The van der Waals surface area contributed by atoms with Crippen molar-refractivity contribution in [2.75, 3.05) is 0 Å². The monoisotopic (exact) mass is 353 g/mol. The van der Waals surface area contributed by atoms with Crippen molar-refractivity contribution in [2.24, 2.45) is 10.8 Å². The fraction of sp³-hybridized carbons (Fsp3) is 0.263. The predicted octanol–water partition coefficient (Wildman–Crippen LogP) is 4.07. The first kappa shape index (κ1) is 15.9. The molecular weight excluding hydrogens is 334 g/mol. The van der Waals surface area contributed by atoms with Gasteiger partial charge in [0.2, 0.25) is 0 Å². The standard InChI is InChI=1S/C19H19N3O2S/c20-19(25)22-21-11-12-9-10-16(23-13-5-1-2-6-13)18-17(12)14-7-3-4-8-15(14)24-18/h3-4,7-11,13H,1-2,5-6H2,(H3,20,22,25). The number of nitrogens with zero attached hydrogens (tertiary/aromatic N) is 1. The predicted molar refractivity (Wildman–Crippen MR) is 104 cm³/mol. The second kappa shape index (κ2) is 6.72. The van der Waals surface area contributed by atoms with E-state index in [-0.39, 0.29) is 11.2 Å². The second-order valence-electron chi connectivity index (χ2n) is 6.21. The normalized spacial score (nSPS) is 15.4. The van der Waals surface area contributed by atoms with E-state index in [4.69, 9.17) is 27.1 Å². The van der Waals surface area contributed by atoms with Crippen LogP contribution in [0, 0.1) is 0 Å². The summed E-state index contributed by atoms with van der Waals surface area (Å²) in [5.74, 6) is 0.789. The third-order valence-electron chi connectivity index (χ3n) is 4.50. The lowest BCUT2D eigenvalue weighted by Crippen LogP contribution is -2.24. The first-order chi connectivity index (χ1) is 12.2. The molecule has 6 heteroatoms. The molecule has 4 rings (SSSR count). The molecule has 128 valence electrons. The van der Waals surface area contributed by atoms with Gasteiger partial charge in [0.25, 0.3) is 0 Å². The van der Waals surface area contributed by atoms with Gasteiger partial charge in [-0.15, -0.1) is 0 Å². The van der Waals surface area contributed by atoms with Crippen LogP contribution in [0.1, 0.15) is 31.2 Å². The number of nitrogens with one attached hydrogen (secondary N) is 1. The number of thiocarbonyl (C=S) groups is 1. The third-order valence-corrected chi connectivity index (χ3v) is 4.59. The number of ether oxygens (including phenoxy) is 1. The first-order valence-corrected chi connectivity index (χ1v) is 8.82. The number of furan rings is 1. The topological polar surface area (TPSA) is 72.8 Å². The summed E-state index contributed by atoms with van der Waals surface area (Å²) in [6.45, 7) is 0. The third kappa shape index (κ3) is 3.17. The highest BCUT2D eigenvalue weighted by atomic mass is 32.1. The highest BCUT2D eigenvalue weighted by Crippen LogP contribution is 2.38. The molecule has 1 aliphatic carbocycles. The quantitative estimate of drug-likeness (QED) is 0.420. The number of para-hydroxylation sites is 1. The van der Waals surface area contributed by atoms with E-state index >= 15 is 0 Å². The molecule has 0 bridgehead atoms. The number of hydrazone groups is 1. The molecule has 0 radical (unpaired) electrons. The maximum atomic E-state index is 6.22. The summed E-state index contributed by atoms with van der Waals surface area (Å²) in [5.41, 5.74) is 10.5. The molecule has 1 heterocycles. The largest absolute Gasteiger partial charge is 0.486 e. The van der Waals surface area contributed by atoms with E-state index < -0.39 is 0 Å². The van der Waals surface area contributed by atoms with Gasteiger partial charge < -0.3 is 14.9 Å². The Morgan fingerprint density at radius 3 is 2.84 bits per heavy atom. The molecule has 1 aromatic heterocycles. The fourth-order valence-electron chi connectivity index (χ4n) is 3.38. The van der Waals surface area contributed by atoms with Gasteiger partial charge in [-0.2, -0.15) is 5.10 Å². The Morgan fingerprint density at radius 1 is 1.24 bits per heavy atom. The summed E-state index contributed by atoms with van der Waals surface area (Å²) >= 11 is 4.78. The fourth-order valence-corrected chi connectivity index (χ4v) is 3.43. The molecule has 3 N–H and O–H groups in total. The SMILES string of the molecule is NC(=S)NN=Cc1ccc(OC2CCCC2)c2oc3ccccc3c12. The average Bonchev–Trinajstić information content (AvgIpc) is 3.24. The van der Waals surface area contributed by atoms with E-state index in [9.17, 15) is 0 Å². The summed E-state index contributed by atoms with van der Waals surface area (Å²) in [6, 6.07) is 11.9. The van der Waals surface area contributed by atoms with Gasteiger partial charge in [0, 0.05) is 16.3 Å². The van der Waals surface area contributed by atoms with Crippen LogP contribution in [0.25, 0.3) is 21.9 Å². The van der Waals surface area contributed by atoms with Crippen LogP contribution in [-0.2, 0) is 0 Å². The van der Waals surface area contributed by atoms with Crippen LogP contribution < -0.4 is 15.9 Å². The van der Waals surface area contributed by atoms with Crippen molar-refractivity contribution in [1.82, 2.24) is 5.43 Å². The minimum atomic E-state index is 0.130. The molecule has 1 aliphatic rings. The number of hydrogen-bond acceptors (Lipinski definition) is 4. The van der Waals surface area contributed by atoms with E-state index in [1.54, 1.807) is 6.21 Å². The van der Waals surface area contributed by atoms with Crippen LogP contribution in [0.4, 0.5) is 0 Å². The lowest BCUT2D eigenvalue weighted by Gasteiger charge is -2.13. The molecule has 5 nitrogen and oxygen atoms in total. The number of hydrogen-bond donors (Lipinski definition) is 2. The van der Waals surface area contributed by atoms with Crippen LogP contribution in [-0.4, -0.2) is 17.4 Å². The molecule has 1 saturated carbocycles. The van der Waals surface area contributed by atoms with E-state index in [1.807, 2.05) is 36.4 Å². The van der Waals surface area contributed by atoms with Gasteiger partial charge in [0.1, 0.15) is 5.58 Å². The Bertz CT molecular complexity index is 958. The molecule has 0 saturated heterocycles. The Morgan fingerprint density at radius 2 is 2.04 bits per heavy atom. The van der Waals surface area contributed by atoms with Gasteiger partial charge in [-0.25, -0.2) is 0 Å². The Labute approximate surface area is 150 Å². The second-order valence-corrected chi connectivity index (χ2v) is 6.65. The maximum absolute atomic E-state index is 6.22. The molecule has 0 atom stereocenters. The van der Waals surface area contributed by atoms with Crippen molar-refractivity contribution in [3.05, 3.63) is 42.0 Å². The smallest absolute Gasteiger partial charge is 0.184 e. The van der Waals surface area contributed by atoms with Crippen molar-refractivity contribution in [1.29, 1.82) is 0 Å². The van der Waals surface area contributed by atoms with E-state index in [1.165, 1.54) is 12.8 Å². The molecule has 0 spiro atoms. The van der Waals surface area contributed by atoms with Crippen LogP contribution >= 0.6 is 12.2 Å². The van der Waals surface area contributed by atoms with E-state index in [0.717, 1.165) is 46.1 Å². The average molecular weight is 353 g/mol. The van der Waals surface area contributed by atoms with Gasteiger partial charge in [0.15, 0.2) is 16.4 Å². The Kier molecular flexibility index (Phi) is 4.28. The van der Waals surface area contributed by atoms with Crippen LogP contribution in [0.3, 0.4) is 0 Å². The van der Waals surface area contributed by atoms with Crippen molar-refractivity contribution in [3.8, 4) is 5.75 Å². The molecule has 0 unspecified atom stereocenters. The van der Waals surface area contributed by atoms with Crippen molar-refractivity contribution in [2.45, 2.75) is 31.8 Å². The molecule has 25 heavy (non-hydrogen) atoms. The summed E-state index contributed by atoms with van der Waals surface area (Å²) in [4.78, 5) is 0. The zero-order chi connectivity index (χ0) is 17.2. The minimum Gasteiger partial charge on any atom is -0.486 e. The zero-order valence-corrected chi connectivity index (χ0v) is 14.5. The Hall–Kier alpha value is -2.60. The number of fused-ring (bicyclic) bond motifs is 3. The number of rotatable bonds is 4. The van der Waals surface area contributed by atoms with Crippen molar-refractivity contribution >= 4 is 45.5 Å². The number of benzene rings is 2. The van der Waals surface area contributed by atoms with E-state index in [0.29, 0.717) is 0 Å². The molecule has 0 amide bonds. The van der Waals surface area contributed by atoms with Gasteiger partial charge in [-0.1, -0.05) is 18.2 Å². The highest BCUT2D eigenvalue weighted by molar-refractivity contribution is 7.80. The van der Waals surface area contributed by atoms with Gasteiger partial charge in [-0.05, 0) is 56.1 Å². The summed E-state index contributed by atoms with van der Waals surface area (Å²) in [7, 11) is 0.